The van der Waals surface area contributed by atoms with E-state index in [1.54, 1.807) is 30.6 Å². The van der Waals surface area contributed by atoms with E-state index in [4.69, 9.17) is 10.5 Å². The average molecular weight is 346 g/mol. The number of nitrogen functional groups attached to an aromatic ring is 1. The van der Waals surface area contributed by atoms with E-state index >= 15 is 0 Å². The highest BCUT2D eigenvalue weighted by Crippen LogP contribution is 2.28. The maximum absolute atomic E-state index is 12.7. The van der Waals surface area contributed by atoms with Gasteiger partial charge in [-0.15, -0.1) is 0 Å². The Labute approximate surface area is 129 Å². The number of halogens is 1. The minimum atomic E-state index is -0.141. The van der Waals surface area contributed by atoms with Gasteiger partial charge < -0.3 is 15.5 Å². The lowest BCUT2D eigenvalue weighted by Gasteiger charge is -2.08. The summed E-state index contributed by atoms with van der Waals surface area (Å²) >= 11 is 3.37. The third-order valence-corrected chi connectivity index (χ3v) is 3.65. The first-order valence-electron chi connectivity index (χ1n) is 6.21. The van der Waals surface area contributed by atoms with Crippen molar-refractivity contribution in [1.29, 1.82) is 0 Å². The monoisotopic (exact) mass is 345 g/mol. The average Bonchev–Trinajstić information content (AvgIpc) is 2.89. The molecule has 0 unspecified atom stereocenters. The highest BCUT2D eigenvalue weighted by atomic mass is 79.9. The van der Waals surface area contributed by atoms with Crippen molar-refractivity contribution in [3.63, 3.8) is 0 Å². The molecule has 2 heterocycles. The van der Waals surface area contributed by atoms with E-state index in [-0.39, 0.29) is 5.78 Å². The normalized spacial score (nSPS) is 10.8. The van der Waals surface area contributed by atoms with Crippen LogP contribution in [0.1, 0.15) is 15.9 Å². The van der Waals surface area contributed by atoms with Crippen molar-refractivity contribution in [2.45, 2.75) is 0 Å². The van der Waals surface area contributed by atoms with E-state index in [1.807, 2.05) is 6.07 Å². The number of anilines is 1. The second kappa shape index (κ2) is 5.21. The van der Waals surface area contributed by atoms with Crippen molar-refractivity contribution < 1.29 is 9.53 Å². The van der Waals surface area contributed by atoms with Crippen LogP contribution in [0.2, 0.25) is 0 Å². The summed E-state index contributed by atoms with van der Waals surface area (Å²) in [4.78, 5) is 20.0. The number of hydrogen-bond donors (Lipinski definition) is 2. The number of pyridine rings is 1. The molecule has 5 nitrogen and oxygen atoms in total. The van der Waals surface area contributed by atoms with Crippen LogP contribution in [0.3, 0.4) is 0 Å². The molecule has 0 atom stereocenters. The van der Waals surface area contributed by atoms with Crippen molar-refractivity contribution in [3.8, 4) is 5.75 Å². The number of nitrogens with one attached hydrogen (secondary N) is 1. The van der Waals surface area contributed by atoms with E-state index in [9.17, 15) is 4.79 Å². The Morgan fingerprint density at radius 3 is 2.90 bits per heavy atom. The molecule has 0 saturated heterocycles. The Hall–Kier alpha value is -2.34. The number of ketones is 1. The molecule has 0 bridgehead atoms. The lowest BCUT2D eigenvalue weighted by molar-refractivity contribution is 0.103. The van der Waals surface area contributed by atoms with Crippen LogP contribution in [-0.2, 0) is 0 Å². The minimum Gasteiger partial charge on any atom is -0.496 e. The lowest BCUT2D eigenvalue weighted by atomic mass is 10.0. The molecule has 21 heavy (non-hydrogen) atoms. The molecule has 1 aromatic carbocycles. The summed E-state index contributed by atoms with van der Waals surface area (Å²) in [5.41, 5.74) is 7.94. The van der Waals surface area contributed by atoms with Crippen LogP contribution in [0.25, 0.3) is 11.0 Å². The van der Waals surface area contributed by atoms with Gasteiger partial charge in [0.15, 0.2) is 5.78 Å². The number of nitrogens with zero attached hydrogens (tertiary/aromatic N) is 1. The molecule has 0 saturated carbocycles. The maximum Gasteiger partial charge on any atom is 0.198 e. The predicted octanol–water partition coefficient (Wildman–Crippen LogP) is 3.15. The second-order valence-electron chi connectivity index (χ2n) is 4.54. The van der Waals surface area contributed by atoms with Crippen LogP contribution < -0.4 is 10.5 Å². The summed E-state index contributed by atoms with van der Waals surface area (Å²) in [6.45, 7) is 0. The number of carbonyl (C=O) groups excluding carboxylic acids is 1. The molecule has 0 amide bonds. The number of H-pyrrole nitrogens is 1. The van der Waals surface area contributed by atoms with Gasteiger partial charge in [0.2, 0.25) is 0 Å². The van der Waals surface area contributed by atoms with Gasteiger partial charge in [-0.3, -0.25) is 4.79 Å². The number of aromatic nitrogens is 2. The van der Waals surface area contributed by atoms with Crippen LogP contribution in [-0.4, -0.2) is 22.9 Å². The third-order valence-electron chi connectivity index (χ3n) is 3.21. The smallest absolute Gasteiger partial charge is 0.198 e. The number of carbonyl (C=O) groups is 1. The molecular weight excluding hydrogens is 334 g/mol. The van der Waals surface area contributed by atoms with Gasteiger partial charge in [-0.05, 0) is 34.1 Å². The van der Waals surface area contributed by atoms with E-state index in [2.05, 4.69) is 25.9 Å². The molecule has 0 radical (unpaired) electrons. The summed E-state index contributed by atoms with van der Waals surface area (Å²) in [5.74, 6) is 0.315. The molecule has 106 valence electrons. The summed E-state index contributed by atoms with van der Waals surface area (Å²) < 4.78 is 6.06. The maximum atomic E-state index is 12.7. The van der Waals surface area contributed by atoms with Crippen LogP contribution in [0, 0.1) is 0 Å². The standard InChI is InChI=1S/C15H12BrN3O2/c1-21-13-5-9(17)2-3-10(13)14(20)12-7-19-15-11(12)4-8(16)6-18-15/h2-7H,17H2,1H3,(H,18,19). The number of fused-ring (bicyclic) bond motifs is 1. The molecule has 0 aliphatic heterocycles. The van der Waals surface area contributed by atoms with Gasteiger partial charge in [0.05, 0.1) is 12.7 Å². The van der Waals surface area contributed by atoms with Crippen molar-refractivity contribution in [1.82, 2.24) is 9.97 Å². The fourth-order valence-corrected chi connectivity index (χ4v) is 2.54. The molecule has 0 aliphatic rings. The highest BCUT2D eigenvalue weighted by Gasteiger charge is 2.18. The molecule has 2 aromatic heterocycles. The summed E-state index contributed by atoms with van der Waals surface area (Å²) in [5, 5.41) is 0.758. The molecule has 6 heteroatoms. The highest BCUT2D eigenvalue weighted by molar-refractivity contribution is 9.10. The van der Waals surface area contributed by atoms with E-state index in [0.717, 1.165) is 9.86 Å². The van der Waals surface area contributed by atoms with Crippen molar-refractivity contribution in [3.05, 3.63) is 52.3 Å². The van der Waals surface area contributed by atoms with E-state index in [0.29, 0.717) is 28.2 Å². The molecule has 3 aromatic rings. The number of methoxy groups -OCH3 is 1. The van der Waals surface area contributed by atoms with Crippen molar-refractivity contribution >= 4 is 38.4 Å². The zero-order valence-electron chi connectivity index (χ0n) is 11.2. The Morgan fingerprint density at radius 1 is 1.33 bits per heavy atom. The molecular formula is C15H12BrN3O2. The first-order chi connectivity index (χ1) is 10.1. The Bertz CT molecular complexity index is 842. The third kappa shape index (κ3) is 2.38. The zero-order chi connectivity index (χ0) is 15.0. The minimum absolute atomic E-state index is 0.141. The number of nitrogens with two attached hydrogens (primary N) is 1. The Balaban J connectivity index is 2.15. The number of hydrogen-bond acceptors (Lipinski definition) is 4. The van der Waals surface area contributed by atoms with Crippen LogP contribution in [0.15, 0.2) is 41.1 Å². The van der Waals surface area contributed by atoms with Crippen molar-refractivity contribution in [2.75, 3.05) is 12.8 Å². The first kappa shape index (κ1) is 13.6. The van der Waals surface area contributed by atoms with Crippen LogP contribution >= 0.6 is 15.9 Å². The predicted molar refractivity (Wildman–Crippen MR) is 84.6 cm³/mol. The molecule has 0 aliphatic carbocycles. The quantitative estimate of drug-likeness (QED) is 0.564. The fraction of sp³-hybridized carbons (Fsp3) is 0.0667. The van der Waals surface area contributed by atoms with Gasteiger partial charge in [0, 0.05) is 39.6 Å². The number of ether oxygens (including phenoxy) is 1. The SMILES string of the molecule is COc1cc(N)ccc1C(=O)c1c[nH]c2ncc(Br)cc12. The van der Waals surface area contributed by atoms with Gasteiger partial charge >= 0.3 is 0 Å². The number of aromatic amines is 1. The largest absolute Gasteiger partial charge is 0.496 e. The summed E-state index contributed by atoms with van der Waals surface area (Å²) in [6, 6.07) is 6.84. The second-order valence-corrected chi connectivity index (χ2v) is 5.46. The van der Waals surface area contributed by atoms with E-state index < -0.39 is 0 Å². The lowest BCUT2D eigenvalue weighted by Crippen LogP contribution is -2.04. The topological polar surface area (TPSA) is 81.0 Å². The Morgan fingerprint density at radius 2 is 2.14 bits per heavy atom. The number of rotatable bonds is 3. The number of benzene rings is 1. The fourth-order valence-electron chi connectivity index (χ4n) is 2.21. The van der Waals surface area contributed by atoms with Crippen LogP contribution in [0.4, 0.5) is 5.69 Å². The summed E-state index contributed by atoms with van der Waals surface area (Å²) in [6.07, 6.45) is 3.33. The summed E-state index contributed by atoms with van der Waals surface area (Å²) in [7, 11) is 1.51. The van der Waals surface area contributed by atoms with E-state index in [1.165, 1.54) is 7.11 Å². The van der Waals surface area contributed by atoms with Gasteiger partial charge in [-0.2, -0.15) is 0 Å². The first-order valence-corrected chi connectivity index (χ1v) is 7.00. The van der Waals surface area contributed by atoms with Crippen LogP contribution in [0.5, 0.6) is 5.75 Å². The molecule has 0 spiro atoms. The van der Waals surface area contributed by atoms with Gasteiger partial charge in [0.25, 0.3) is 0 Å². The zero-order valence-corrected chi connectivity index (χ0v) is 12.8. The molecule has 0 fully saturated rings. The van der Waals surface area contributed by atoms with Crippen molar-refractivity contribution in [2.24, 2.45) is 0 Å². The molecule has 3 rings (SSSR count). The Kier molecular flexibility index (Phi) is 3.39. The van der Waals surface area contributed by atoms with Gasteiger partial charge in [0.1, 0.15) is 11.4 Å². The molecule has 3 N–H and O–H groups in total. The van der Waals surface area contributed by atoms with Gasteiger partial charge in [-0.1, -0.05) is 0 Å². The van der Waals surface area contributed by atoms with Gasteiger partial charge in [-0.25, -0.2) is 4.98 Å².